The lowest BCUT2D eigenvalue weighted by Crippen LogP contribution is -2.49. The van der Waals surface area contributed by atoms with Crippen LogP contribution in [0.3, 0.4) is 0 Å². The summed E-state index contributed by atoms with van der Waals surface area (Å²) in [5.74, 6) is 0. The van der Waals surface area contributed by atoms with Crippen molar-refractivity contribution in [3.63, 3.8) is 0 Å². The van der Waals surface area contributed by atoms with E-state index in [1.807, 2.05) is 26.0 Å². The van der Waals surface area contributed by atoms with Gasteiger partial charge in [-0.1, -0.05) is 54.6 Å². The molecule has 0 saturated heterocycles. The van der Waals surface area contributed by atoms with Crippen molar-refractivity contribution < 1.29 is 14.2 Å². The van der Waals surface area contributed by atoms with E-state index < -0.39 is 11.2 Å². The molecule has 1 aliphatic carbocycles. The van der Waals surface area contributed by atoms with E-state index in [4.69, 9.17) is 9.07 Å². The van der Waals surface area contributed by atoms with E-state index in [0.29, 0.717) is 0 Å². The molecule has 0 spiro atoms. The zero-order valence-corrected chi connectivity index (χ0v) is 18.7. The molecule has 1 aromatic heterocycles. The third-order valence-corrected chi connectivity index (χ3v) is 7.11. The first kappa shape index (κ1) is 19.6. The van der Waals surface area contributed by atoms with Gasteiger partial charge < -0.3 is 14.2 Å². The topological polar surface area (TPSA) is 42.6 Å². The van der Waals surface area contributed by atoms with Crippen LogP contribution in [0.25, 0.3) is 55.0 Å². The molecule has 0 bridgehead atoms. The number of furan rings is 1. The van der Waals surface area contributed by atoms with Crippen LogP contribution < -0.4 is 5.46 Å². The highest BCUT2D eigenvalue weighted by Gasteiger charge is 2.36. The predicted octanol–water partition coefficient (Wildman–Crippen LogP) is 6.20. The average molecular weight is 419 g/mol. The van der Waals surface area contributed by atoms with E-state index in [-0.39, 0.29) is 0 Å². The molecule has 3 nitrogen and oxygen atoms in total. The summed E-state index contributed by atoms with van der Waals surface area (Å²) in [6.07, 6.45) is 0. The van der Waals surface area contributed by atoms with Crippen molar-refractivity contribution in [2.45, 2.75) is 38.9 Å². The number of hydrogen-bond donors (Lipinski definition) is 1. The van der Waals surface area contributed by atoms with Crippen molar-refractivity contribution in [2.24, 2.45) is 0 Å². The summed E-state index contributed by atoms with van der Waals surface area (Å²) in [4.78, 5) is 0. The third kappa shape index (κ3) is 2.63. The molecule has 157 valence electrons. The standard InChI is InChI=1S/C28H24BO3/c1-27(2,30)28(3,4)32-29-21-13-7-12-20-25-22(31-26(20)21)15-14-18-17-10-5-8-16-9-6-11-19(23(16)17)24(18)25/h5-15,30H,1-4H3. The highest BCUT2D eigenvalue weighted by molar-refractivity contribution is 6.51. The molecule has 1 heterocycles. The normalized spacial score (nSPS) is 13.3. The molecule has 4 aromatic carbocycles. The highest BCUT2D eigenvalue weighted by atomic mass is 16.5. The van der Waals surface area contributed by atoms with Gasteiger partial charge in [-0.25, -0.2) is 0 Å². The molecular formula is C28H24BO3. The van der Waals surface area contributed by atoms with Crippen LogP contribution in [0.15, 0.2) is 71.1 Å². The van der Waals surface area contributed by atoms with Crippen LogP contribution in [0.5, 0.6) is 0 Å². The van der Waals surface area contributed by atoms with Gasteiger partial charge in [-0.2, -0.15) is 0 Å². The van der Waals surface area contributed by atoms with E-state index in [9.17, 15) is 5.11 Å². The van der Waals surface area contributed by atoms with Crippen molar-refractivity contribution in [1.82, 2.24) is 0 Å². The maximum absolute atomic E-state index is 10.4. The van der Waals surface area contributed by atoms with Crippen LogP contribution in [0.4, 0.5) is 0 Å². The minimum Gasteiger partial charge on any atom is -0.457 e. The largest absolute Gasteiger partial charge is 0.457 e. The smallest absolute Gasteiger partial charge is 0.334 e. The van der Waals surface area contributed by atoms with Crippen LogP contribution in [-0.4, -0.2) is 23.8 Å². The minimum absolute atomic E-state index is 0.750. The molecule has 0 amide bonds. The number of para-hydroxylation sites is 1. The molecule has 0 fully saturated rings. The Hall–Kier alpha value is -3.08. The fraction of sp³-hybridized carbons (Fsp3) is 0.214. The summed E-state index contributed by atoms with van der Waals surface area (Å²) in [7, 11) is 1.71. The Kier molecular flexibility index (Phi) is 3.96. The molecule has 1 N–H and O–H groups in total. The van der Waals surface area contributed by atoms with E-state index in [1.165, 1.54) is 33.0 Å². The number of benzene rings is 4. The summed E-state index contributed by atoms with van der Waals surface area (Å²) >= 11 is 0. The van der Waals surface area contributed by atoms with Crippen LogP contribution >= 0.6 is 0 Å². The Morgan fingerprint density at radius 1 is 0.781 bits per heavy atom. The summed E-state index contributed by atoms with van der Waals surface area (Å²) in [5, 5.41) is 15.2. The molecule has 1 radical (unpaired) electrons. The highest BCUT2D eigenvalue weighted by Crippen LogP contribution is 2.51. The van der Waals surface area contributed by atoms with E-state index in [0.717, 1.165) is 27.4 Å². The fourth-order valence-corrected chi connectivity index (χ4v) is 4.64. The molecule has 5 aromatic rings. The molecule has 0 unspecified atom stereocenters. The molecular weight excluding hydrogens is 395 g/mol. The first-order valence-corrected chi connectivity index (χ1v) is 11.0. The van der Waals surface area contributed by atoms with Crippen LogP contribution in [-0.2, 0) is 4.65 Å². The molecule has 0 saturated carbocycles. The molecule has 0 aliphatic heterocycles. The molecule has 0 atom stereocenters. The fourth-order valence-electron chi connectivity index (χ4n) is 4.64. The Labute approximate surface area is 187 Å². The molecule has 6 rings (SSSR count). The summed E-state index contributed by atoms with van der Waals surface area (Å²) < 4.78 is 12.4. The quantitative estimate of drug-likeness (QED) is 0.346. The second-order valence-corrected chi connectivity index (χ2v) is 9.70. The Balaban J connectivity index is 1.56. The summed E-state index contributed by atoms with van der Waals surface area (Å²) in [6, 6.07) is 23.4. The third-order valence-electron chi connectivity index (χ3n) is 7.11. The monoisotopic (exact) mass is 419 g/mol. The minimum atomic E-state index is -0.990. The second kappa shape index (κ2) is 6.47. The Morgan fingerprint density at radius 2 is 1.50 bits per heavy atom. The second-order valence-electron chi connectivity index (χ2n) is 9.70. The van der Waals surface area contributed by atoms with E-state index >= 15 is 0 Å². The van der Waals surface area contributed by atoms with Gasteiger partial charge in [-0.15, -0.1) is 0 Å². The van der Waals surface area contributed by atoms with Gasteiger partial charge in [0.25, 0.3) is 0 Å². The van der Waals surface area contributed by atoms with Crippen LogP contribution in [0.2, 0.25) is 0 Å². The van der Waals surface area contributed by atoms with Gasteiger partial charge in [0.15, 0.2) is 0 Å². The summed E-state index contributed by atoms with van der Waals surface area (Å²) in [5.41, 5.74) is 5.81. The van der Waals surface area contributed by atoms with Crippen LogP contribution in [0.1, 0.15) is 27.7 Å². The zero-order chi connectivity index (χ0) is 22.3. The lowest BCUT2D eigenvalue weighted by atomic mass is 9.82. The number of aliphatic hydroxyl groups is 1. The van der Waals surface area contributed by atoms with E-state index in [1.54, 1.807) is 21.3 Å². The van der Waals surface area contributed by atoms with Gasteiger partial charge in [0.2, 0.25) is 0 Å². The van der Waals surface area contributed by atoms with Crippen molar-refractivity contribution in [2.75, 3.05) is 0 Å². The lowest BCUT2D eigenvalue weighted by molar-refractivity contribution is -0.0893. The van der Waals surface area contributed by atoms with Crippen molar-refractivity contribution in [1.29, 1.82) is 0 Å². The number of fused-ring (bicyclic) bond motifs is 7. The predicted molar refractivity (Wildman–Crippen MR) is 133 cm³/mol. The number of hydrogen-bond acceptors (Lipinski definition) is 3. The first-order chi connectivity index (χ1) is 15.3. The average Bonchev–Trinajstić information content (AvgIpc) is 3.29. The van der Waals surface area contributed by atoms with Gasteiger partial charge >= 0.3 is 7.48 Å². The maximum Gasteiger partial charge on any atom is 0.334 e. The molecule has 4 heteroatoms. The van der Waals surface area contributed by atoms with Gasteiger partial charge in [-0.05, 0) is 72.8 Å². The first-order valence-electron chi connectivity index (χ1n) is 11.0. The lowest BCUT2D eigenvalue weighted by Gasteiger charge is -2.37. The molecule has 1 aliphatic rings. The Bertz CT molecular complexity index is 1530. The summed E-state index contributed by atoms with van der Waals surface area (Å²) in [6.45, 7) is 7.27. The molecule has 32 heavy (non-hydrogen) atoms. The van der Waals surface area contributed by atoms with Gasteiger partial charge in [0.05, 0.1) is 11.2 Å². The SMILES string of the molecule is CC(C)(O)C(C)(C)O[B]c1cccc2c1oc1ccc3c(c12)-c1cccc2cccc-3c12. The zero-order valence-electron chi connectivity index (χ0n) is 18.7. The Morgan fingerprint density at radius 3 is 2.25 bits per heavy atom. The van der Waals surface area contributed by atoms with Crippen molar-refractivity contribution in [3.8, 4) is 22.3 Å². The van der Waals surface area contributed by atoms with Gasteiger partial charge in [-0.3, -0.25) is 0 Å². The van der Waals surface area contributed by atoms with Crippen molar-refractivity contribution >= 4 is 45.7 Å². The van der Waals surface area contributed by atoms with Gasteiger partial charge in [0.1, 0.15) is 11.2 Å². The van der Waals surface area contributed by atoms with Crippen LogP contribution in [0, 0.1) is 0 Å². The number of rotatable bonds is 4. The van der Waals surface area contributed by atoms with Gasteiger partial charge in [0, 0.05) is 16.3 Å². The maximum atomic E-state index is 10.4. The van der Waals surface area contributed by atoms with Crippen molar-refractivity contribution in [3.05, 3.63) is 66.7 Å². The van der Waals surface area contributed by atoms with E-state index in [2.05, 4.69) is 54.6 Å².